The summed E-state index contributed by atoms with van der Waals surface area (Å²) in [4.78, 5) is 5.85. The summed E-state index contributed by atoms with van der Waals surface area (Å²) in [5.74, 6) is 0.859. The highest BCUT2D eigenvalue weighted by Crippen LogP contribution is 2.14. The third-order valence-electron chi connectivity index (χ3n) is 1.33. The fourth-order valence-corrected chi connectivity index (χ4v) is 0.833. The zero-order valence-electron chi connectivity index (χ0n) is 5.31. The monoisotopic (exact) mass is 134 g/mol. The summed E-state index contributed by atoms with van der Waals surface area (Å²) in [5, 5.41) is 7.73. The van der Waals surface area contributed by atoms with Crippen LogP contribution in [-0.4, -0.2) is 17.8 Å². The van der Waals surface area contributed by atoms with Crippen LogP contribution in [0.25, 0.3) is 0 Å². The van der Waals surface area contributed by atoms with Crippen LogP contribution < -0.4 is 0 Å². The van der Waals surface area contributed by atoms with E-state index >= 15 is 0 Å². The summed E-state index contributed by atoms with van der Waals surface area (Å²) < 4.78 is 0. The van der Waals surface area contributed by atoms with Gasteiger partial charge in [0.15, 0.2) is 5.82 Å². The van der Waals surface area contributed by atoms with Gasteiger partial charge in [0, 0.05) is 24.7 Å². The normalized spacial score (nSPS) is 20.8. The van der Waals surface area contributed by atoms with Crippen LogP contribution in [-0.2, 0) is 0 Å². The molecule has 0 atom stereocenters. The van der Waals surface area contributed by atoms with Gasteiger partial charge in [0.1, 0.15) is 6.67 Å². The van der Waals surface area contributed by atoms with E-state index in [4.69, 9.17) is 0 Å². The molecule has 4 heteroatoms. The molecule has 0 N–H and O–H groups in total. The minimum atomic E-state index is 0.617. The number of allylic oxidation sites excluding steroid dienone is 1. The predicted octanol–water partition coefficient (Wildman–Crippen LogP) is 1.11. The van der Waals surface area contributed by atoms with Crippen molar-refractivity contribution in [1.82, 2.24) is 4.90 Å². The number of azo groups is 1. The van der Waals surface area contributed by atoms with Crippen molar-refractivity contribution in [1.29, 1.82) is 0 Å². The zero-order valence-corrected chi connectivity index (χ0v) is 5.31. The fraction of sp³-hybridized carbons (Fsp3) is 0.167. The van der Waals surface area contributed by atoms with E-state index in [1.807, 2.05) is 17.2 Å². The summed E-state index contributed by atoms with van der Waals surface area (Å²) in [6.07, 6.45) is 7.11. The molecular formula is C6H6N4. The van der Waals surface area contributed by atoms with Crippen molar-refractivity contribution in [3.05, 3.63) is 24.3 Å². The Kier molecular flexibility index (Phi) is 1.10. The van der Waals surface area contributed by atoms with E-state index in [-0.39, 0.29) is 0 Å². The predicted molar refractivity (Wildman–Crippen MR) is 37.3 cm³/mol. The maximum absolute atomic E-state index is 3.93. The van der Waals surface area contributed by atoms with Gasteiger partial charge in [-0.15, -0.1) is 5.11 Å². The molecule has 0 aliphatic carbocycles. The summed E-state index contributed by atoms with van der Waals surface area (Å²) >= 11 is 0. The third-order valence-corrected chi connectivity index (χ3v) is 1.33. The Hall–Kier alpha value is -1.45. The molecule has 2 aliphatic heterocycles. The molecule has 2 aliphatic rings. The quantitative estimate of drug-likeness (QED) is 0.489. The van der Waals surface area contributed by atoms with E-state index in [1.54, 1.807) is 12.4 Å². The van der Waals surface area contributed by atoms with Crippen LogP contribution in [0.15, 0.2) is 39.5 Å². The lowest BCUT2D eigenvalue weighted by atomic mass is 10.5. The van der Waals surface area contributed by atoms with Gasteiger partial charge in [0.25, 0.3) is 0 Å². The van der Waals surface area contributed by atoms with Gasteiger partial charge in [0.05, 0.1) is 0 Å². The molecule has 0 bridgehead atoms. The second-order valence-electron chi connectivity index (χ2n) is 1.97. The lowest BCUT2D eigenvalue weighted by Gasteiger charge is -2.06. The van der Waals surface area contributed by atoms with Crippen molar-refractivity contribution in [3.63, 3.8) is 0 Å². The average molecular weight is 134 g/mol. The molecule has 2 rings (SSSR count). The van der Waals surface area contributed by atoms with Gasteiger partial charge in [-0.2, -0.15) is 5.11 Å². The first-order valence-electron chi connectivity index (χ1n) is 3.01. The van der Waals surface area contributed by atoms with E-state index in [9.17, 15) is 0 Å². The minimum absolute atomic E-state index is 0.617. The van der Waals surface area contributed by atoms with Crippen LogP contribution in [0.3, 0.4) is 0 Å². The van der Waals surface area contributed by atoms with Crippen LogP contribution in [0.2, 0.25) is 0 Å². The summed E-state index contributed by atoms with van der Waals surface area (Å²) in [6.45, 7) is 0.617. The maximum Gasteiger partial charge on any atom is 0.157 e. The Labute approximate surface area is 58.3 Å². The number of fused-ring (bicyclic) bond motifs is 1. The molecule has 0 saturated carbocycles. The third kappa shape index (κ3) is 0.737. The molecule has 0 fully saturated rings. The highest BCUT2D eigenvalue weighted by atomic mass is 15.4. The van der Waals surface area contributed by atoms with Gasteiger partial charge in [-0.25, -0.2) is 0 Å². The Balaban J connectivity index is 2.36. The Morgan fingerprint density at radius 1 is 1.50 bits per heavy atom. The van der Waals surface area contributed by atoms with Crippen molar-refractivity contribution in [2.75, 3.05) is 6.67 Å². The SMILES string of the molecule is C1=CN2CN=NC2=CC=N1. The average Bonchev–Trinajstić information content (AvgIpc) is 2.28. The molecule has 0 aromatic rings. The standard InChI is InChI=1S/C6H6N4/c1-2-7-3-4-10-5-8-9-6(1)10/h1-4H,5H2. The molecule has 10 heavy (non-hydrogen) atoms. The second kappa shape index (κ2) is 2.06. The van der Waals surface area contributed by atoms with Crippen LogP contribution in [0, 0.1) is 0 Å². The molecule has 0 aromatic carbocycles. The highest BCUT2D eigenvalue weighted by molar-refractivity contribution is 5.73. The molecule has 0 unspecified atom stereocenters. The van der Waals surface area contributed by atoms with Crippen LogP contribution in [0.1, 0.15) is 0 Å². The van der Waals surface area contributed by atoms with Crippen LogP contribution in [0.4, 0.5) is 0 Å². The van der Waals surface area contributed by atoms with E-state index in [0.29, 0.717) is 6.67 Å². The molecule has 50 valence electrons. The maximum atomic E-state index is 3.93. The van der Waals surface area contributed by atoms with Gasteiger partial charge in [0.2, 0.25) is 0 Å². The molecule has 0 radical (unpaired) electrons. The van der Waals surface area contributed by atoms with Gasteiger partial charge in [-0.1, -0.05) is 0 Å². The first-order valence-corrected chi connectivity index (χ1v) is 3.01. The number of rotatable bonds is 0. The van der Waals surface area contributed by atoms with Crippen LogP contribution >= 0.6 is 0 Å². The molecule has 0 amide bonds. The molecular weight excluding hydrogens is 128 g/mol. The Morgan fingerprint density at radius 3 is 3.50 bits per heavy atom. The highest BCUT2D eigenvalue weighted by Gasteiger charge is 2.10. The number of hydrogen-bond acceptors (Lipinski definition) is 4. The fourth-order valence-electron chi connectivity index (χ4n) is 0.833. The first-order chi connectivity index (χ1) is 4.97. The zero-order chi connectivity index (χ0) is 6.81. The second-order valence-corrected chi connectivity index (χ2v) is 1.97. The number of aliphatic imine (C=N–C) groups is 1. The van der Waals surface area contributed by atoms with Crippen molar-refractivity contribution in [2.24, 2.45) is 15.2 Å². The summed E-state index contributed by atoms with van der Waals surface area (Å²) in [5.41, 5.74) is 0. The Bertz CT molecular complexity index is 248. The molecule has 0 saturated heterocycles. The topological polar surface area (TPSA) is 40.3 Å². The van der Waals surface area contributed by atoms with Crippen LogP contribution in [0.5, 0.6) is 0 Å². The van der Waals surface area contributed by atoms with Gasteiger partial charge < -0.3 is 4.90 Å². The minimum Gasteiger partial charge on any atom is -0.308 e. The molecule has 0 aromatic heterocycles. The van der Waals surface area contributed by atoms with E-state index in [1.165, 1.54) is 0 Å². The molecule has 4 nitrogen and oxygen atoms in total. The van der Waals surface area contributed by atoms with Crippen molar-refractivity contribution < 1.29 is 0 Å². The van der Waals surface area contributed by atoms with Crippen molar-refractivity contribution >= 4 is 6.21 Å². The molecule has 2 heterocycles. The number of hydrogen-bond donors (Lipinski definition) is 0. The lowest BCUT2D eigenvalue weighted by Crippen LogP contribution is -2.08. The lowest BCUT2D eigenvalue weighted by molar-refractivity contribution is 0.524. The smallest absolute Gasteiger partial charge is 0.157 e. The summed E-state index contributed by atoms with van der Waals surface area (Å²) in [7, 11) is 0. The van der Waals surface area contributed by atoms with Crippen molar-refractivity contribution in [3.8, 4) is 0 Å². The first kappa shape index (κ1) is 5.34. The van der Waals surface area contributed by atoms with Gasteiger partial charge in [-0.05, 0) is 0 Å². The largest absolute Gasteiger partial charge is 0.308 e. The van der Waals surface area contributed by atoms with Crippen molar-refractivity contribution in [2.45, 2.75) is 0 Å². The Morgan fingerprint density at radius 2 is 2.50 bits per heavy atom. The van der Waals surface area contributed by atoms with E-state index in [0.717, 1.165) is 5.82 Å². The molecule has 0 spiro atoms. The van der Waals surface area contributed by atoms with E-state index < -0.39 is 0 Å². The van der Waals surface area contributed by atoms with E-state index in [2.05, 4.69) is 15.2 Å². The summed E-state index contributed by atoms with van der Waals surface area (Å²) in [6, 6.07) is 0. The van der Waals surface area contributed by atoms with Gasteiger partial charge in [-0.3, -0.25) is 4.99 Å². The van der Waals surface area contributed by atoms with Gasteiger partial charge >= 0.3 is 0 Å². The number of nitrogens with zero attached hydrogens (tertiary/aromatic N) is 4.